The van der Waals surface area contributed by atoms with Crippen molar-refractivity contribution in [2.75, 3.05) is 44.2 Å². The molecule has 0 N–H and O–H groups in total. The number of thiazole rings is 1. The lowest BCUT2D eigenvalue weighted by atomic mass is 9.96. The number of hydrogen-bond donors (Lipinski definition) is 0. The largest absolute Gasteiger partial charge is 0.346 e. The first-order chi connectivity index (χ1) is 14.4. The van der Waals surface area contributed by atoms with Crippen LogP contribution in [0.25, 0.3) is 0 Å². The monoisotopic (exact) mass is 452 g/mol. The molecule has 0 aliphatic carbocycles. The molecule has 3 heterocycles. The minimum absolute atomic E-state index is 0.0865. The van der Waals surface area contributed by atoms with E-state index in [0.29, 0.717) is 32.5 Å². The smallest absolute Gasteiger partial charge is 0.243 e. The molecule has 0 bridgehead atoms. The fraction of sp³-hybridized carbons (Fsp3) is 0.500. The fourth-order valence-electron chi connectivity index (χ4n) is 4.06. The summed E-state index contributed by atoms with van der Waals surface area (Å²) in [6, 6.07) is 4.87. The van der Waals surface area contributed by atoms with Crippen molar-refractivity contribution in [1.29, 1.82) is 0 Å². The minimum atomic E-state index is -3.66. The van der Waals surface area contributed by atoms with E-state index < -0.39 is 15.8 Å². The Labute approximate surface area is 180 Å². The summed E-state index contributed by atoms with van der Waals surface area (Å²) in [4.78, 5) is 21.6. The lowest BCUT2D eigenvalue weighted by molar-refractivity contribution is -0.136. The van der Waals surface area contributed by atoms with Crippen molar-refractivity contribution in [2.45, 2.75) is 24.2 Å². The number of carbonyl (C=O) groups is 1. The van der Waals surface area contributed by atoms with Gasteiger partial charge in [0.1, 0.15) is 5.82 Å². The highest BCUT2D eigenvalue weighted by atomic mass is 32.2. The average Bonchev–Trinajstić information content (AvgIpc) is 3.18. The van der Waals surface area contributed by atoms with Crippen LogP contribution in [-0.4, -0.2) is 67.8 Å². The van der Waals surface area contributed by atoms with E-state index in [9.17, 15) is 17.6 Å². The molecule has 2 aromatic rings. The van der Waals surface area contributed by atoms with Gasteiger partial charge in [-0.15, -0.1) is 11.3 Å². The summed E-state index contributed by atoms with van der Waals surface area (Å²) < 4.78 is 40.0. The number of piperidine rings is 1. The Morgan fingerprint density at radius 1 is 1.03 bits per heavy atom. The summed E-state index contributed by atoms with van der Waals surface area (Å²) in [7, 11) is -3.66. The van der Waals surface area contributed by atoms with Crippen LogP contribution < -0.4 is 4.90 Å². The number of carbonyl (C=O) groups excluding carboxylic acids is 1. The van der Waals surface area contributed by atoms with Crippen molar-refractivity contribution < 1.29 is 17.6 Å². The Kier molecular flexibility index (Phi) is 6.35. The van der Waals surface area contributed by atoms with E-state index >= 15 is 0 Å². The van der Waals surface area contributed by atoms with Crippen LogP contribution in [-0.2, 0) is 14.8 Å². The lowest BCUT2D eigenvalue weighted by Gasteiger charge is -2.33. The van der Waals surface area contributed by atoms with Crippen LogP contribution in [0.15, 0.2) is 40.7 Å². The van der Waals surface area contributed by atoms with Gasteiger partial charge in [0, 0.05) is 56.8 Å². The van der Waals surface area contributed by atoms with Crippen LogP contribution in [0.2, 0.25) is 0 Å². The van der Waals surface area contributed by atoms with Gasteiger partial charge in [0.05, 0.1) is 4.90 Å². The highest BCUT2D eigenvalue weighted by Gasteiger charge is 2.34. The zero-order valence-corrected chi connectivity index (χ0v) is 18.2. The summed E-state index contributed by atoms with van der Waals surface area (Å²) in [5, 5.41) is 2.94. The zero-order chi connectivity index (χ0) is 21.1. The van der Waals surface area contributed by atoms with E-state index in [4.69, 9.17) is 0 Å². The van der Waals surface area contributed by atoms with Crippen LogP contribution in [0.4, 0.5) is 9.52 Å². The molecular formula is C20H25FN4O3S2. The molecule has 0 atom stereocenters. The van der Waals surface area contributed by atoms with Crippen LogP contribution in [0, 0.1) is 11.7 Å². The molecule has 1 amide bonds. The number of sulfonamides is 1. The van der Waals surface area contributed by atoms with Crippen LogP contribution in [0.3, 0.4) is 0 Å². The van der Waals surface area contributed by atoms with E-state index in [2.05, 4.69) is 9.88 Å². The second-order valence-corrected chi connectivity index (χ2v) is 10.4. The molecule has 4 rings (SSSR count). The summed E-state index contributed by atoms with van der Waals surface area (Å²) in [5.41, 5.74) is 0. The van der Waals surface area contributed by atoms with Crippen molar-refractivity contribution in [3.05, 3.63) is 41.7 Å². The molecule has 0 spiro atoms. The minimum Gasteiger partial charge on any atom is -0.346 e. The van der Waals surface area contributed by atoms with Crippen molar-refractivity contribution in [1.82, 2.24) is 14.2 Å². The second kappa shape index (κ2) is 8.99. The number of aromatic nitrogens is 1. The number of halogens is 1. The van der Waals surface area contributed by atoms with E-state index in [1.54, 1.807) is 17.5 Å². The van der Waals surface area contributed by atoms with Gasteiger partial charge in [-0.05, 0) is 43.5 Å². The predicted molar refractivity (Wildman–Crippen MR) is 113 cm³/mol. The number of anilines is 1. The standard InChI is InChI=1S/C20H25FN4O3S2/c21-17-2-4-18(5-3-17)30(27,28)25-11-6-16(7-12-25)19(26)23-9-1-10-24(14-13-23)20-22-8-15-29-20/h2-5,8,15-16H,1,6-7,9-14H2. The third-order valence-electron chi connectivity index (χ3n) is 5.75. The quantitative estimate of drug-likeness (QED) is 0.712. The van der Waals surface area contributed by atoms with E-state index in [-0.39, 0.29) is 16.7 Å². The lowest BCUT2D eigenvalue weighted by Crippen LogP contribution is -2.45. The maximum Gasteiger partial charge on any atom is 0.243 e. The van der Waals surface area contributed by atoms with E-state index in [1.807, 2.05) is 10.3 Å². The first kappa shape index (κ1) is 21.2. The van der Waals surface area contributed by atoms with Gasteiger partial charge < -0.3 is 9.80 Å². The highest BCUT2D eigenvalue weighted by molar-refractivity contribution is 7.89. The molecule has 7 nitrogen and oxygen atoms in total. The van der Waals surface area contributed by atoms with Crippen molar-refractivity contribution in [3.8, 4) is 0 Å². The topological polar surface area (TPSA) is 73.8 Å². The predicted octanol–water partition coefficient (Wildman–Crippen LogP) is 2.42. The maximum absolute atomic E-state index is 13.1. The van der Waals surface area contributed by atoms with Crippen LogP contribution in [0.5, 0.6) is 0 Å². The molecule has 0 saturated carbocycles. The Hall–Kier alpha value is -2.04. The Morgan fingerprint density at radius 3 is 2.43 bits per heavy atom. The molecule has 2 aliphatic rings. The Morgan fingerprint density at radius 2 is 1.77 bits per heavy atom. The molecule has 0 unspecified atom stereocenters. The summed E-state index contributed by atoms with van der Waals surface area (Å²) >= 11 is 1.61. The van der Waals surface area contributed by atoms with Gasteiger partial charge in [-0.1, -0.05) is 0 Å². The third-order valence-corrected chi connectivity index (χ3v) is 8.50. The first-order valence-electron chi connectivity index (χ1n) is 10.1. The molecule has 2 fully saturated rings. The summed E-state index contributed by atoms with van der Waals surface area (Å²) in [6.07, 6.45) is 3.70. The average molecular weight is 453 g/mol. The van der Waals surface area contributed by atoms with Crippen molar-refractivity contribution in [3.63, 3.8) is 0 Å². The zero-order valence-electron chi connectivity index (χ0n) is 16.6. The van der Waals surface area contributed by atoms with Crippen molar-refractivity contribution >= 4 is 32.4 Å². The molecular weight excluding hydrogens is 427 g/mol. The van der Waals surface area contributed by atoms with Gasteiger partial charge in [-0.2, -0.15) is 4.31 Å². The molecule has 30 heavy (non-hydrogen) atoms. The normalized spacial score (nSPS) is 19.6. The van der Waals surface area contributed by atoms with Gasteiger partial charge in [-0.25, -0.2) is 17.8 Å². The second-order valence-electron chi connectivity index (χ2n) is 7.61. The SMILES string of the molecule is O=C(C1CCN(S(=O)(=O)c2ccc(F)cc2)CC1)N1CCCN(c2nccs2)CC1. The fourth-order valence-corrected chi connectivity index (χ4v) is 6.22. The molecule has 1 aromatic heterocycles. The molecule has 162 valence electrons. The highest BCUT2D eigenvalue weighted by Crippen LogP contribution is 2.26. The maximum atomic E-state index is 13.1. The number of hydrogen-bond acceptors (Lipinski definition) is 6. The number of nitrogens with zero attached hydrogens (tertiary/aromatic N) is 4. The van der Waals surface area contributed by atoms with Gasteiger partial charge >= 0.3 is 0 Å². The molecule has 2 saturated heterocycles. The molecule has 10 heteroatoms. The number of rotatable bonds is 4. The summed E-state index contributed by atoms with van der Waals surface area (Å²) in [5.74, 6) is -0.505. The number of benzene rings is 1. The van der Waals surface area contributed by atoms with Gasteiger partial charge in [0.25, 0.3) is 0 Å². The van der Waals surface area contributed by atoms with Crippen LogP contribution >= 0.6 is 11.3 Å². The van der Waals surface area contributed by atoms with Crippen LogP contribution in [0.1, 0.15) is 19.3 Å². The Balaban J connectivity index is 1.33. The summed E-state index contributed by atoms with van der Waals surface area (Å²) in [6.45, 7) is 3.62. The van der Waals surface area contributed by atoms with E-state index in [0.717, 1.165) is 43.3 Å². The van der Waals surface area contributed by atoms with Gasteiger partial charge in [-0.3, -0.25) is 4.79 Å². The van der Waals surface area contributed by atoms with E-state index in [1.165, 1.54) is 16.4 Å². The first-order valence-corrected chi connectivity index (χ1v) is 12.5. The third kappa shape index (κ3) is 4.50. The van der Waals surface area contributed by atoms with Gasteiger partial charge in [0.15, 0.2) is 5.13 Å². The molecule has 0 radical (unpaired) electrons. The van der Waals surface area contributed by atoms with Gasteiger partial charge in [0.2, 0.25) is 15.9 Å². The Bertz CT molecular complexity index is 958. The number of amides is 1. The molecule has 2 aliphatic heterocycles. The van der Waals surface area contributed by atoms with Crippen molar-refractivity contribution in [2.24, 2.45) is 5.92 Å². The molecule has 1 aromatic carbocycles.